The molecule has 0 atom stereocenters. The Morgan fingerprint density at radius 1 is 1.09 bits per heavy atom. The largest absolute Gasteiger partial charge is 0.459 e. The van der Waals surface area contributed by atoms with Crippen molar-refractivity contribution in [3.8, 4) is 11.7 Å². The van der Waals surface area contributed by atoms with Crippen molar-refractivity contribution in [3.63, 3.8) is 0 Å². The van der Waals surface area contributed by atoms with Crippen molar-refractivity contribution < 1.29 is 26.4 Å². The lowest BCUT2D eigenvalue weighted by Gasteiger charge is -2.07. The number of rotatable bonds is 7. The molecule has 33 heavy (non-hydrogen) atoms. The Balaban J connectivity index is 1.61. The minimum Gasteiger partial charge on any atom is -0.459 e. The molecule has 0 bridgehead atoms. The van der Waals surface area contributed by atoms with Gasteiger partial charge in [-0.2, -0.15) is 4.98 Å². The maximum Gasteiger partial charge on any atom is 0.265 e. The molecule has 10 heteroatoms. The molecule has 2 aromatic heterocycles. The number of benzene rings is 2. The Hall–Kier alpha value is -3.37. The monoisotopic (exact) mass is 486 g/mol. The smallest absolute Gasteiger partial charge is 0.265 e. The van der Waals surface area contributed by atoms with Crippen LogP contribution in [-0.2, 0) is 14.6 Å². The lowest BCUT2D eigenvalue weighted by atomic mass is 10.1. The van der Waals surface area contributed by atoms with E-state index in [1.54, 1.807) is 12.1 Å². The Bertz CT molecular complexity index is 1380. The first kappa shape index (κ1) is 22.8. The van der Waals surface area contributed by atoms with Crippen molar-refractivity contribution in [1.29, 1.82) is 0 Å². The van der Waals surface area contributed by atoms with Crippen molar-refractivity contribution >= 4 is 33.2 Å². The fourth-order valence-electron chi connectivity index (χ4n) is 3.16. The number of halogens is 1. The average molecular weight is 487 g/mol. The number of aromatic nitrogens is 1. The van der Waals surface area contributed by atoms with Gasteiger partial charge in [0.05, 0.1) is 16.9 Å². The second kappa shape index (κ2) is 9.24. The lowest BCUT2D eigenvalue weighted by Crippen LogP contribution is -2.14. The van der Waals surface area contributed by atoms with Crippen molar-refractivity contribution in [3.05, 3.63) is 77.8 Å². The van der Waals surface area contributed by atoms with E-state index in [4.69, 9.17) is 8.83 Å². The molecule has 0 saturated heterocycles. The molecular formula is C23H19FN2O5S2. The van der Waals surface area contributed by atoms with Gasteiger partial charge in [0.1, 0.15) is 5.82 Å². The second-order valence-corrected chi connectivity index (χ2v) is 10.1. The first-order valence-corrected chi connectivity index (χ1v) is 12.3. The predicted molar refractivity (Wildman–Crippen MR) is 121 cm³/mol. The lowest BCUT2D eigenvalue weighted by molar-refractivity contribution is -0.113. The highest BCUT2D eigenvalue weighted by atomic mass is 32.2. The summed E-state index contributed by atoms with van der Waals surface area (Å²) >= 11 is 0.889. The van der Waals surface area contributed by atoms with Crippen molar-refractivity contribution in [2.45, 2.75) is 28.9 Å². The van der Waals surface area contributed by atoms with Gasteiger partial charge in [-0.3, -0.25) is 4.79 Å². The molecule has 0 aliphatic carbocycles. The normalized spacial score (nSPS) is 11.5. The van der Waals surface area contributed by atoms with Crippen molar-refractivity contribution in [2.75, 3.05) is 11.1 Å². The number of amides is 1. The van der Waals surface area contributed by atoms with E-state index in [-0.39, 0.29) is 38.3 Å². The third-order valence-corrected chi connectivity index (χ3v) is 7.27. The Kier molecular flexibility index (Phi) is 6.39. The molecule has 0 spiro atoms. The maximum absolute atomic E-state index is 13.3. The summed E-state index contributed by atoms with van der Waals surface area (Å²) in [5.74, 6) is -0.838. The highest BCUT2D eigenvalue weighted by molar-refractivity contribution is 8.00. The van der Waals surface area contributed by atoms with Gasteiger partial charge in [0, 0.05) is 5.69 Å². The summed E-state index contributed by atoms with van der Waals surface area (Å²) < 4.78 is 50.5. The number of carbonyl (C=O) groups excluding carboxylic acids is 1. The van der Waals surface area contributed by atoms with Gasteiger partial charge < -0.3 is 14.2 Å². The summed E-state index contributed by atoms with van der Waals surface area (Å²) in [6.07, 6.45) is 1.40. The van der Waals surface area contributed by atoms with Crippen LogP contribution in [0.15, 0.2) is 84.7 Å². The van der Waals surface area contributed by atoms with Crippen molar-refractivity contribution in [2.24, 2.45) is 0 Å². The summed E-state index contributed by atoms with van der Waals surface area (Å²) in [5, 5.41) is 2.35. The SMILES string of the molecule is Cc1cc(C)cc(NC(=O)CSc2oc(-c3ccco3)nc2S(=O)(=O)c2ccc(F)cc2)c1. The van der Waals surface area contributed by atoms with Gasteiger partial charge in [-0.1, -0.05) is 17.8 Å². The number of aryl methyl sites for hydroxylation is 2. The quantitative estimate of drug-likeness (QED) is 0.281. The van der Waals surface area contributed by atoms with Crippen LogP contribution in [0.25, 0.3) is 11.7 Å². The molecule has 0 fully saturated rings. The number of nitrogens with one attached hydrogen (secondary N) is 1. The van der Waals surface area contributed by atoms with Crippen LogP contribution in [0.2, 0.25) is 0 Å². The molecule has 0 unspecified atom stereocenters. The number of thioether (sulfide) groups is 1. The minimum atomic E-state index is -4.14. The zero-order valence-corrected chi connectivity index (χ0v) is 19.3. The summed E-state index contributed by atoms with van der Waals surface area (Å²) in [6.45, 7) is 3.85. The number of oxazole rings is 1. The molecule has 0 aliphatic rings. The highest BCUT2D eigenvalue weighted by Gasteiger charge is 2.30. The number of anilines is 1. The summed E-state index contributed by atoms with van der Waals surface area (Å²) in [6, 6.07) is 13.2. The molecule has 0 saturated carbocycles. The standard InChI is InChI=1S/C23H19FN2O5S2/c1-14-10-15(2)12-17(11-14)25-20(27)13-32-23-22(26-21(31-23)19-4-3-9-30-19)33(28,29)18-7-5-16(24)6-8-18/h3-12H,13H2,1-2H3,(H,25,27). The number of sulfone groups is 1. The summed E-state index contributed by atoms with van der Waals surface area (Å²) in [7, 11) is -4.14. The number of furan rings is 1. The van der Waals surface area contributed by atoms with E-state index in [0.717, 1.165) is 47.2 Å². The average Bonchev–Trinajstić information content (AvgIpc) is 3.42. The molecule has 0 aliphatic heterocycles. The zero-order chi connectivity index (χ0) is 23.6. The van der Waals surface area contributed by atoms with E-state index in [1.807, 2.05) is 32.0 Å². The molecule has 170 valence electrons. The fourth-order valence-corrected chi connectivity index (χ4v) is 5.49. The molecule has 7 nitrogen and oxygen atoms in total. The molecule has 4 aromatic rings. The van der Waals surface area contributed by atoms with Gasteiger partial charge in [0.15, 0.2) is 5.76 Å². The van der Waals surface area contributed by atoms with E-state index >= 15 is 0 Å². The molecule has 1 amide bonds. The topological polar surface area (TPSA) is 102 Å². The first-order chi connectivity index (χ1) is 15.7. The minimum absolute atomic E-state index is 0.0436. The van der Waals surface area contributed by atoms with Gasteiger partial charge in [-0.25, -0.2) is 12.8 Å². The van der Waals surface area contributed by atoms with Crippen LogP contribution in [0.5, 0.6) is 0 Å². The summed E-state index contributed by atoms with van der Waals surface area (Å²) in [5.41, 5.74) is 2.65. The third kappa shape index (κ3) is 5.18. The van der Waals surface area contributed by atoms with E-state index in [9.17, 15) is 17.6 Å². The molecule has 2 heterocycles. The van der Waals surface area contributed by atoms with Crippen molar-refractivity contribution in [1.82, 2.24) is 4.98 Å². The van der Waals surface area contributed by atoms with E-state index < -0.39 is 15.7 Å². The van der Waals surface area contributed by atoms with Crippen LogP contribution in [-0.4, -0.2) is 25.1 Å². The highest BCUT2D eigenvalue weighted by Crippen LogP contribution is 2.35. The summed E-state index contributed by atoms with van der Waals surface area (Å²) in [4.78, 5) is 16.5. The van der Waals surface area contributed by atoms with Crippen LogP contribution >= 0.6 is 11.8 Å². The van der Waals surface area contributed by atoms with Crippen LogP contribution in [0.3, 0.4) is 0 Å². The Morgan fingerprint density at radius 2 is 1.79 bits per heavy atom. The fraction of sp³-hybridized carbons (Fsp3) is 0.130. The van der Waals surface area contributed by atoms with E-state index in [0.29, 0.717) is 5.69 Å². The van der Waals surface area contributed by atoms with Crippen LogP contribution < -0.4 is 5.32 Å². The van der Waals surface area contributed by atoms with Gasteiger partial charge in [-0.15, -0.1) is 0 Å². The predicted octanol–water partition coefficient (Wildman–Crippen LogP) is 5.25. The number of hydrogen-bond acceptors (Lipinski definition) is 7. The first-order valence-electron chi connectivity index (χ1n) is 9.79. The Morgan fingerprint density at radius 3 is 2.42 bits per heavy atom. The number of carbonyl (C=O) groups is 1. The van der Waals surface area contributed by atoms with Gasteiger partial charge >= 0.3 is 0 Å². The number of hydrogen-bond donors (Lipinski definition) is 1. The maximum atomic E-state index is 13.3. The molecule has 1 N–H and O–H groups in total. The molecule has 0 radical (unpaired) electrons. The van der Waals surface area contributed by atoms with Gasteiger partial charge in [0.2, 0.25) is 25.9 Å². The molecule has 4 rings (SSSR count). The van der Waals surface area contributed by atoms with Gasteiger partial charge in [-0.05, 0) is 73.5 Å². The van der Waals surface area contributed by atoms with E-state index in [1.165, 1.54) is 6.26 Å². The van der Waals surface area contributed by atoms with Crippen LogP contribution in [0, 0.1) is 19.7 Å². The van der Waals surface area contributed by atoms with Gasteiger partial charge in [0.25, 0.3) is 5.89 Å². The van der Waals surface area contributed by atoms with E-state index in [2.05, 4.69) is 10.3 Å². The zero-order valence-electron chi connectivity index (χ0n) is 17.7. The molecular weight excluding hydrogens is 467 g/mol. The van der Waals surface area contributed by atoms with Crippen LogP contribution in [0.1, 0.15) is 11.1 Å². The Labute approximate surface area is 193 Å². The second-order valence-electron chi connectivity index (χ2n) is 7.26. The van der Waals surface area contributed by atoms with Crippen LogP contribution in [0.4, 0.5) is 10.1 Å². The molecule has 2 aromatic carbocycles. The third-order valence-electron chi connectivity index (χ3n) is 4.52. The number of nitrogens with zero attached hydrogens (tertiary/aromatic N) is 1.